The van der Waals surface area contributed by atoms with E-state index in [1.165, 1.54) is 11.3 Å². The maximum absolute atomic E-state index is 12.4. The third kappa shape index (κ3) is 5.30. The molecule has 0 aliphatic carbocycles. The van der Waals surface area contributed by atoms with Crippen molar-refractivity contribution in [3.63, 3.8) is 0 Å². The quantitative estimate of drug-likeness (QED) is 0.450. The summed E-state index contributed by atoms with van der Waals surface area (Å²) in [6, 6.07) is 15.2. The number of benzene rings is 2. The van der Waals surface area contributed by atoms with E-state index in [-0.39, 0.29) is 10.7 Å². The molecule has 1 unspecified atom stereocenters. The second-order valence-electron chi connectivity index (χ2n) is 5.69. The summed E-state index contributed by atoms with van der Waals surface area (Å²) in [6.45, 7) is 0. The lowest BCUT2D eigenvalue weighted by Crippen LogP contribution is -2.24. The third-order valence-corrected chi connectivity index (χ3v) is 5.99. The molecule has 0 spiro atoms. The first-order chi connectivity index (χ1) is 12.5. The van der Waals surface area contributed by atoms with E-state index in [0.29, 0.717) is 21.6 Å². The molecule has 134 valence electrons. The lowest BCUT2D eigenvalue weighted by molar-refractivity contribution is -0.115. The molecule has 0 bridgehead atoms. The molecule has 1 amide bonds. The molecule has 0 fully saturated rings. The summed E-state index contributed by atoms with van der Waals surface area (Å²) < 4.78 is 0. The zero-order valence-corrected chi connectivity index (χ0v) is 17.5. The number of rotatable bonds is 6. The van der Waals surface area contributed by atoms with Crippen LogP contribution in [0.1, 0.15) is 16.0 Å². The number of carbonyl (C=O) groups is 1. The van der Waals surface area contributed by atoms with Gasteiger partial charge in [0.25, 0.3) is 0 Å². The van der Waals surface area contributed by atoms with Gasteiger partial charge in [0.2, 0.25) is 5.91 Å². The minimum absolute atomic E-state index is 0.141. The van der Waals surface area contributed by atoms with Gasteiger partial charge in [-0.3, -0.25) is 4.79 Å². The Kier molecular flexibility index (Phi) is 6.70. The van der Waals surface area contributed by atoms with Crippen LogP contribution in [0.4, 0.5) is 5.13 Å². The Labute approximate surface area is 174 Å². The number of thiazole rings is 1. The third-order valence-electron chi connectivity index (χ3n) is 3.72. The topological polar surface area (TPSA) is 42.0 Å². The van der Waals surface area contributed by atoms with Crippen LogP contribution in [0.3, 0.4) is 0 Å². The van der Waals surface area contributed by atoms with E-state index in [1.807, 2.05) is 48.5 Å². The summed E-state index contributed by atoms with van der Waals surface area (Å²) in [7, 11) is 0. The molecule has 0 saturated heterocycles. The summed E-state index contributed by atoms with van der Waals surface area (Å²) in [5, 5.41) is 4.81. The number of nitrogens with zero attached hydrogens (tertiary/aromatic N) is 1. The fourth-order valence-corrected chi connectivity index (χ4v) is 4.04. The van der Waals surface area contributed by atoms with E-state index >= 15 is 0 Å². The number of alkyl halides is 1. The van der Waals surface area contributed by atoms with Crippen molar-refractivity contribution >= 4 is 61.5 Å². The Bertz CT molecular complexity index is 899. The van der Waals surface area contributed by atoms with Gasteiger partial charge in [0.1, 0.15) is 0 Å². The van der Waals surface area contributed by atoms with E-state index in [1.54, 1.807) is 6.20 Å². The minimum atomic E-state index is -0.383. The van der Waals surface area contributed by atoms with Crippen LogP contribution in [0.25, 0.3) is 0 Å². The van der Waals surface area contributed by atoms with Gasteiger partial charge in [0.05, 0.1) is 4.83 Å². The minimum Gasteiger partial charge on any atom is -0.301 e. The second kappa shape index (κ2) is 9.00. The summed E-state index contributed by atoms with van der Waals surface area (Å²) >= 11 is 17.0. The van der Waals surface area contributed by atoms with Crippen molar-refractivity contribution in [3.8, 4) is 0 Å². The monoisotopic (exact) mass is 468 g/mol. The number of hydrogen-bond donors (Lipinski definition) is 1. The lowest BCUT2D eigenvalue weighted by atomic mass is 10.1. The van der Waals surface area contributed by atoms with Crippen LogP contribution in [0.2, 0.25) is 10.0 Å². The SMILES string of the molecule is O=C(Nc1ncc(Cc2ccc(Cl)cc2)s1)C(Br)Cc1ccccc1Cl. The Morgan fingerprint density at radius 1 is 1.15 bits per heavy atom. The van der Waals surface area contributed by atoms with Crippen molar-refractivity contribution in [1.29, 1.82) is 0 Å². The Morgan fingerprint density at radius 2 is 1.88 bits per heavy atom. The molecule has 0 aliphatic rings. The van der Waals surface area contributed by atoms with Gasteiger partial charge in [-0.25, -0.2) is 4.98 Å². The number of halogens is 3. The molecule has 3 rings (SSSR count). The Balaban J connectivity index is 1.58. The molecular weight excluding hydrogens is 455 g/mol. The van der Waals surface area contributed by atoms with Crippen LogP contribution in [0, 0.1) is 0 Å². The Morgan fingerprint density at radius 3 is 2.62 bits per heavy atom. The van der Waals surface area contributed by atoms with E-state index in [0.717, 1.165) is 22.4 Å². The molecule has 0 saturated carbocycles. The van der Waals surface area contributed by atoms with Crippen LogP contribution in [0.5, 0.6) is 0 Å². The van der Waals surface area contributed by atoms with Crippen molar-refractivity contribution < 1.29 is 4.79 Å². The number of anilines is 1. The molecule has 0 radical (unpaired) electrons. The molecule has 1 N–H and O–H groups in total. The predicted octanol–water partition coefficient (Wildman–Crippen LogP) is 5.99. The lowest BCUT2D eigenvalue weighted by Gasteiger charge is -2.10. The van der Waals surface area contributed by atoms with Gasteiger partial charge >= 0.3 is 0 Å². The molecule has 26 heavy (non-hydrogen) atoms. The summed E-state index contributed by atoms with van der Waals surface area (Å²) in [6.07, 6.45) is 3.04. The average Bonchev–Trinajstić information content (AvgIpc) is 3.06. The van der Waals surface area contributed by atoms with E-state index in [4.69, 9.17) is 23.2 Å². The molecule has 1 heterocycles. The van der Waals surface area contributed by atoms with E-state index in [9.17, 15) is 4.79 Å². The smallest absolute Gasteiger partial charge is 0.240 e. The Hall–Kier alpha value is -1.40. The number of hydrogen-bond acceptors (Lipinski definition) is 3. The largest absolute Gasteiger partial charge is 0.301 e. The summed E-state index contributed by atoms with van der Waals surface area (Å²) in [5.41, 5.74) is 2.07. The fraction of sp³-hybridized carbons (Fsp3) is 0.158. The van der Waals surface area contributed by atoms with Gasteiger partial charge in [-0.1, -0.05) is 69.5 Å². The molecule has 1 atom stereocenters. The number of carbonyl (C=O) groups excluding carboxylic acids is 1. The zero-order valence-electron chi connectivity index (χ0n) is 13.6. The number of amides is 1. The van der Waals surface area contributed by atoms with E-state index < -0.39 is 0 Å². The molecule has 3 aromatic rings. The van der Waals surface area contributed by atoms with Gasteiger partial charge in [-0.15, -0.1) is 11.3 Å². The standard InChI is InChI=1S/C19H15BrCl2N2OS/c20-16(10-13-3-1-2-4-17(13)22)18(25)24-19-23-11-15(26-19)9-12-5-7-14(21)8-6-12/h1-8,11,16H,9-10H2,(H,23,24,25). The van der Waals surface area contributed by atoms with Crippen molar-refractivity contribution in [1.82, 2.24) is 4.98 Å². The number of aromatic nitrogens is 1. The molecule has 3 nitrogen and oxygen atoms in total. The number of nitrogens with one attached hydrogen (secondary N) is 1. The average molecular weight is 470 g/mol. The first-order valence-corrected chi connectivity index (χ1v) is 10.4. The molecule has 0 aliphatic heterocycles. The van der Waals surface area contributed by atoms with Gasteiger partial charge in [-0.05, 0) is 35.7 Å². The van der Waals surface area contributed by atoms with Crippen LogP contribution >= 0.6 is 50.5 Å². The van der Waals surface area contributed by atoms with Crippen LogP contribution in [-0.4, -0.2) is 15.7 Å². The second-order valence-corrected chi connectivity index (χ2v) is 8.75. The normalized spacial score (nSPS) is 12.0. The highest BCUT2D eigenvalue weighted by atomic mass is 79.9. The predicted molar refractivity (Wildman–Crippen MR) is 113 cm³/mol. The first-order valence-electron chi connectivity index (χ1n) is 7.89. The van der Waals surface area contributed by atoms with Gasteiger partial charge < -0.3 is 5.32 Å². The first kappa shape index (κ1) is 19.4. The van der Waals surface area contributed by atoms with Gasteiger partial charge in [0, 0.05) is 27.5 Å². The highest BCUT2D eigenvalue weighted by Crippen LogP contribution is 2.24. The zero-order chi connectivity index (χ0) is 18.5. The van der Waals surface area contributed by atoms with Crippen molar-refractivity contribution in [2.24, 2.45) is 0 Å². The maximum atomic E-state index is 12.4. The summed E-state index contributed by atoms with van der Waals surface area (Å²) in [4.78, 5) is 17.4. The van der Waals surface area contributed by atoms with Gasteiger partial charge in [0.15, 0.2) is 5.13 Å². The van der Waals surface area contributed by atoms with E-state index in [2.05, 4.69) is 26.2 Å². The van der Waals surface area contributed by atoms with Gasteiger partial charge in [-0.2, -0.15) is 0 Å². The fourth-order valence-electron chi connectivity index (χ4n) is 2.38. The van der Waals surface area contributed by atoms with Crippen molar-refractivity contribution in [2.45, 2.75) is 17.7 Å². The van der Waals surface area contributed by atoms with Crippen LogP contribution in [-0.2, 0) is 17.6 Å². The molecule has 2 aromatic carbocycles. The molecular formula is C19H15BrCl2N2OS. The van der Waals surface area contributed by atoms with Crippen molar-refractivity contribution in [2.75, 3.05) is 5.32 Å². The highest BCUT2D eigenvalue weighted by Gasteiger charge is 2.18. The molecule has 7 heteroatoms. The van der Waals surface area contributed by atoms with Crippen LogP contribution in [0.15, 0.2) is 54.7 Å². The summed E-state index contributed by atoms with van der Waals surface area (Å²) in [5.74, 6) is -0.141. The highest BCUT2D eigenvalue weighted by molar-refractivity contribution is 9.10. The maximum Gasteiger partial charge on any atom is 0.240 e. The molecule has 1 aromatic heterocycles. The van der Waals surface area contributed by atoms with Crippen LogP contribution < -0.4 is 5.32 Å². The van der Waals surface area contributed by atoms with Crippen molar-refractivity contribution in [3.05, 3.63) is 80.8 Å².